The SMILES string of the molecule is CC/C=C\C/C=C\C/C=C\C/C=C\CCCCCCC(=O)OCC(COP(=O)(O)OCC(O)COP(=O)(O)OCC(COC(=O)CCCCCCC/C=C\C/C=C\CCC)OC(=O)CCCCCCC/C=C\C/C=C\CCC)OC(=O)CCCC/C=C\C/C=C\C/C=C\C/C=C\CC. The van der Waals surface area contributed by atoms with Gasteiger partial charge in [-0.2, -0.15) is 0 Å². The molecule has 0 aromatic carbocycles. The van der Waals surface area contributed by atoms with Crippen molar-refractivity contribution in [3.8, 4) is 0 Å². The number of carbonyl (C=O) groups excluding carboxylic acids is 4. The molecule has 3 N–H and O–H groups in total. The largest absolute Gasteiger partial charge is 0.472 e. The summed E-state index contributed by atoms with van der Waals surface area (Å²) in [4.78, 5) is 72.8. The highest BCUT2D eigenvalue weighted by Crippen LogP contribution is 2.45. The number of esters is 4. The number of hydrogen-bond donors (Lipinski definition) is 3. The molecule has 5 atom stereocenters. The first-order chi connectivity index (χ1) is 47.7. The molecular formula is C79H130O17P2. The predicted molar refractivity (Wildman–Crippen MR) is 399 cm³/mol. The van der Waals surface area contributed by atoms with Gasteiger partial charge >= 0.3 is 39.5 Å². The van der Waals surface area contributed by atoms with Crippen LogP contribution in [-0.4, -0.2) is 96.7 Å². The molecule has 0 radical (unpaired) electrons. The van der Waals surface area contributed by atoms with Gasteiger partial charge in [0.05, 0.1) is 26.4 Å². The van der Waals surface area contributed by atoms with E-state index >= 15 is 0 Å². The number of aliphatic hydroxyl groups is 1. The van der Waals surface area contributed by atoms with Crippen molar-refractivity contribution in [2.24, 2.45) is 0 Å². The molecule has 0 aliphatic carbocycles. The summed E-state index contributed by atoms with van der Waals surface area (Å²) in [5.74, 6) is -2.29. The maximum Gasteiger partial charge on any atom is 0.472 e. The Kier molecular flexibility index (Phi) is 66.7. The van der Waals surface area contributed by atoms with Crippen molar-refractivity contribution in [2.45, 2.75) is 290 Å². The highest BCUT2D eigenvalue weighted by atomic mass is 31.2. The number of allylic oxidation sites excluding steroid dienone is 24. The fourth-order valence-corrected chi connectivity index (χ4v) is 10.7. The van der Waals surface area contributed by atoms with Gasteiger partial charge in [0.25, 0.3) is 0 Å². The Hall–Kier alpha value is -5.06. The second kappa shape index (κ2) is 70.4. The van der Waals surface area contributed by atoms with E-state index in [2.05, 4.69) is 174 Å². The normalized spacial score (nSPS) is 14.8. The monoisotopic (exact) mass is 1410 g/mol. The summed E-state index contributed by atoms with van der Waals surface area (Å²) in [7, 11) is -9.98. The van der Waals surface area contributed by atoms with Crippen molar-refractivity contribution in [1.82, 2.24) is 0 Å². The summed E-state index contributed by atoms with van der Waals surface area (Å²) in [6, 6.07) is 0. The first-order valence-corrected chi connectivity index (χ1v) is 40.1. The molecule has 17 nitrogen and oxygen atoms in total. The summed E-state index contributed by atoms with van der Waals surface area (Å²) < 4.78 is 68.3. The highest BCUT2D eigenvalue weighted by molar-refractivity contribution is 7.47. The lowest BCUT2D eigenvalue weighted by atomic mass is 10.1. The lowest BCUT2D eigenvalue weighted by Crippen LogP contribution is -2.30. The molecule has 0 aliphatic heterocycles. The molecule has 5 unspecified atom stereocenters. The van der Waals surface area contributed by atoms with Gasteiger partial charge in [0, 0.05) is 25.7 Å². The molecule has 0 spiro atoms. The summed E-state index contributed by atoms with van der Waals surface area (Å²) in [6.07, 6.45) is 78.5. The third-order valence-electron chi connectivity index (χ3n) is 14.7. The molecule has 0 heterocycles. The van der Waals surface area contributed by atoms with Gasteiger partial charge < -0.3 is 33.8 Å². The smallest absolute Gasteiger partial charge is 0.462 e. The minimum atomic E-state index is -5.00. The predicted octanol–water partition coefficient (Wildman–Crippen LogP) is 21.1. The van der Waals surface area contributed by atoms with Gasteiger partial charge in [-0.1, -0.05) is 238 Å². The summed E-state index contributed by atoms with van der Waals surface area (Å²) in [5.41, 5.74) is 0. The fraction of sp³-hybridized carbons (Fsp3) is 0.646. The van der Waals surface area contributed by atoms with Gasteiger partial charge in [0.2, 0.25) is 0 Å². The third-order valence-corrected chi connectivity index (χ3v) is 16.6. The second-order valence-corrected chi connectivity index (χ2v) is 27.0. The van der Waals surface area contributed by atoms with Gasteiger partial charge in [-0.3, -0.25) is 37.3 Å². The minimum absolute atomic E-state index is 0.0319. The molecule has 0 saturated carbocycles. The third kappa shape index (κ3) is 69.4. The number of ether oxygens (including phenoxy) is 4. The Morgan fingerprint density at radius 1 is 0.296 bits per heavy atom. The average Bonchev–Trinajstić information content (AvgIpc) is 1.05. The molecule has 0 fully saturated rings. The number of aliphatic hydroxyl groups excluding tert-OH is 1. The maximum absolute atomic E-state index is 13.1. The number of phosphoric ester groups is 2. The van der Waals surface area contributed by atoms with Crippen LogP contribution in [0.1, 0.15) is 272 Å². The Labute approximate surface area is 592 Å². The number of carbonyl (C=O) groups is 4. The van der Waals surface area contributed by atoms with Crippen molar-refractivity contribution >= 4 is 39.5 Å². The topological polar surface area (TPSA) is 237 Å². The standard InChI is InChI=1S/C79H130O17P2/c1-5-9-13-17-21-25-29-33-35-36-38-41-44-48-52-56-60-64-77(82)90-70-75(96-79(84)66-62-58-54-50-46-42-37-34-30-26-22-18-14-10-6-2)72-94-98(87,88)92-68-73(80)67-91-97(85,86)93-71-74(95-78(83)65-61-57-53-49-45-40-32-28-24-20-16-12-8-4)69-89-76(81)63-59-55-51-47-43-39-31-27-23-19-15-11-7-3/h9-10,13-16,19-22,25-28,31-35,37-38,41,46,50,73-75,80H,5-8,11-12,17-18,23-24,29-30,36,39-40,42-45,47-49,51-72H2,1-4H3,(H,85,86)(H,87,88)/b13-9-,14-10-,19-15-,20-16-,25-21-,26-22-,31-27-,32-28-,35-33-,37-34-,41-38-,50-46-. The molecule has 558 valence electrons. The van der Waals surface area contributed by atoms with E-state index in [9.17, 15) is 43.2 Å². The van der Waals surface area contributed by atoms with E-state index in [1.165, 1.54) is 0 Å². The first kappa shape index (κ1) is 92.9. The van der Waals surface area contributed by atoms with E-state index in [-0.39, 0.29) is 25.7 Å². The van der Waals surface area contributed by atoms with Crippen molar-refractivity contribution in [3.63, 3.8) is 0 Å². The van der Waals surface area contributed by atoms with Crippen LogP contribution < -0.4 is 0 Å². The van der Waals surface area contributed by atoms with E-state index in [1.807, 2.05) is 0 Å². The fourth-order valence-electron chi connectivity index (χ4n) is 9.16. The molecular weight excluding hydrogens is 1280 g/mol. The molecule has 98 heavy (non-hydrogen) atoms. The van der Waals surface area contributed by atoms with Gasteiger partial charge in [-0.05, 0) is 154 Å². The average molecular weight is 1410 g/mol. The van der Waals surface area contributed by atoms with Crippen LogP contribution in [0.4, 0.5) is 0 Å². The quantitative estimate of drug-likeness (QED) is 0.0169. The number of rotatable bonds is 68. The zero-order valence-corrected chi connectivity index (χ0v) is 62.4. The van der Waals surface area contributed by atoms with E-state index in [0.29, 0.717) is 32.1 Å². The van der Waals surface area contributed by atoms with Crippen LogP contribution in [0.15, 0.2) is 146 Å². The van der Waals surface area contributed by atoms with Crippen molar-refractivity contribution in [3.05, 3.63) is 146 Å². The zero-order chi connectivity index (χ0) is 71.8. The Morgan fingerprint density at radius 2 is 0.531 bits per heavy atom. The molecule has 0 aromatic rings. The van der Waals surface area contributed by atoms with E-state index < -0.39 is 97.5 Å². The molecule has 19 heteroatoms. The number of unbranched alkanes of at least 4 members (excludes halogenated alkanes) is 18. The van der Waals surface area contributed by atoms with Crippen LogP contribution in [0, 0.1) is 0 Å². The Morgan fingerprint density at radius 3 is 0.837 bits per heavy atom. The summed E-state index contributed by atoms with van der Waals surface area (Å²) in [5, 5.41) is 10.6. The first-order valence-electron chi connectivity index (χ1n) is 37.1. The molecule has 0 rings (SSSR count). The maximum atomic E-state index is 13.1. The minimum Gasteiger partial charge on any atom is -0.462 e. The van der Waals surface area contributed by atoms with E-state index in [1.54, 1.807) is 0 Å². The van der Waals surface area contributed by atoms with Gasteiger partial charge in [-0.25, -0.2) is 9.13 Å². The summed E-state index contributed by atoms with van der Waals surface area (Å²) >= 11 is 0. The molecule has 0 bridgehead atoms. The van der Waals surface area contributed by atoms with Gasteiger partial charge in [0.1, 0.15) is 19.3 Å². The number of phosphoric acid groups is 2. The van der Waals surface area contributed by atoms with E-state index in [4.69, 9.17) is 37.0 Å². The van der Waals surface area contributed by atoms with Crippen LogP contribution in [0.5, 0.6) is 0 Å². The molecule has 0 amide bonds. The van der Waals surface area contributed by atoms with Crippen molar-refractivity contribution < 1.29 is 80.2 Å². The van der Waals surface area contributed by atoms with Crippen molar-refractivity contribution in [1.29, 1.82) is 0 Å². The molecule has 0 aliphatic rings. The zero-order valence-electron chi connectivity index (χ0n) is 60.7. The number of hydrogen-bond acceptors (Lipinski definition) is 15. The summed E-state index contributed by atoms with van der Waals surface area (Å²) in [6.45, 7) is 4.38. The van der Waals surface area contributed by atoms with Gasteiger partial charge in [0.15, 0.2) is 12.2 Å². The van der Waals surface area contributed by atoms with E-state index in [0.717, 1.165) is 186 Å². The van der Waals surface area contributed by atoms with Crippen LogP contribution in [0.25, 0.3) is 0 Å². The van der Waals surface area contributed by atoms with Crippen LogP contribution in [-0.2, 0) is 65.4 Å². The van der Waals surface area contributed by atoms with Gasteiger partial charge in [-0.15, -0.1) is 0 Å². The second-order valence-electron chi connectivity index (χ2n) is 24.1. The Bertz CT molecular complexity index is 2430. The van der Waals surface area contributed by atoms with Crippen LogP contribution >= 0.6 is 15.6 Å². The molecule has 0 saturated heterocycles. The molecule has 0 aromatic heterocycles. The van der Waals surface area contributed by atoms with Crippen molar-refractivity contribution in [2.75, 3.05) is 39.6 Å². The van der Waals surface area contributed by atoms with Crippen LogP contribution in [0.2, 0.25) is 0 Å². The Balaban J connectivity index is 5.43. The lowest BCUT2D eigenvalue weighted by molar-refractivity contribution is -0.161. The highest BCUT2D eigenvalue weighted by Gasteiger charge is 2.30. The van der Waals surface area contributed by atoms with Crippen LogP contribution in [0.3, 0.4) is 0 Å². The lowest BCUT2D eigenvalue weighted by Gasteiger charge is -2.21.